The van der Waals surface area contributed by atoms with E-state index in [9.17, 15) is 0 Å². The predicted molar refractivity (Wildman–Crippen MR) is 77.0 cm³/mol. The molecule has 3 aromatic rings. The average molecular weight is 252 g/mol. The molecule has 1 N–H and O–H groups in total. The van der Waals surface area contributed by atoms with E-state index in [0.29, 0.717) is 0 Å². The van der Waals surface area contributed by atoms with Crippen molar-refractivity contribution in [3.05, 3.63) is 54.6 Å². The Morgan fingerprint density at radius 2 is 2.05 bits per heavy atom. The van der Waals surface area contributed by atoms with Crippen molar-refractivity contribution in [3.63, 3.8) is 0 Å². The number of aryl methyl sites for hydroxylation is 1. The first kappa shape index (κ1) is 11.7. The Morgan fingerprint density at radius 1 is 1.16 bits per heavy atom. The summed E-state index contributed by atoms with van der Waals surface area (Å²) in [7, 11) is 1.96. The SMILES string of the molecule is CC(Nc1cccc2cnccc12)c1ccnn1C. The number of hydrogen-bond acceptors (Lipinski definition) is 3. The summed E-state index contributed by atoms with van der Waals surface area (Å²) in [5.74, 6) is 0. The lowest BCUT2D eigenvalue weighted by atomic mass is 10.1. The normalized spacial score (nSPS) is 12.5. The van der Waals surface area contributed by atoms with Gasteiger partial charge in [-0.1, -0.05) is 12.1 Å². The number of anilines is 1. The molecule has 1 unspecified atom stereocenters. The number of pyridine rings is 1. The Morgan fingerprint density at radius 3 is 2.84 bits per heavy atom. The van der Waals surface area contributed by atoms with Gasteiger partial charge in [0.25, 0.3) is 0 Å². The van der Waals surface area contributed by atoms with Crippen molar-refractivity contribution in [3.8, 4) is 0 Å². The highest BCUT2D eigenvalue weighted by atomic mass is 15.3. The number of benzene rings is 1. The van der Waals surface area contributed by atoms with E-state index in [2.05, 4.69) is 34.5 Å². The summed E-state index contributed by atoms with van der Waals surface area (Å²) >= 11 is 0. The number of rotatable bonds is 3. The molecule has 0 aliphatic heterocycles. The van der Waals surface area contributed by atoms with Gasteiger partial charge >= 0.3 is 0 Å². The van der Waals surface area contributed by atoms with Crippen molar-refractivity contribution in [1.29, 1.82) is 0 Å². The molecule has 96 valence electrons. The van der Waals surface area contributed by atoms with Crippen LogP contribution in [0.4, 0.5) is 5.69 Å². The first-order valence-corrected chi connectivity index (χ1v) is 6.33. The first-order valence-electron chi connectivity index (χ1n) is 6.33. The molecule has 0 radical (unpaired) electrons. The lowest BCUT2D eigenvalue weighted by Gasteiger charge is -2.17. The maximum atomic E-state index is 4.21. The molecular formula is C15H16N4. The van der Waals surface area contributed by atoms with Crippen molar-refractivity contribution >= 4 is 16.5 Å². The number of nitrogens with one attached hydrogen (secondary N) is 1. The van der Waals surface area contributed by atoms with Crippen LogP contribution in [0.25, 0.3) is 10.8 Å². The second-order valence-corrected chi connectivity index (χ2v) is 4.65. The van der Waals surface area contributed by atoms with Crippen molar-refractivity contribution < 1.29 is 0 Å². The van der Waals surface area contributed by atoms with E-state index in [1.54, 1.807) is 0 Å². The summed E-state index contributed by atoms with van der Waals surface area (Å²) in [4.78, 5) is 4.16. The van der Waals surface area contributed by atoms with Crippen LogP contribution in [-0.2, 0) is 7.05 Å². The average Bonchev–Trinajstić information content (AvgIpc) is 2.85. The Labute approximate surface area is 112 Å². The highest BCUT2D eigenvalue weighted by molar-refractivity contribution is 5.93. The summed E-state index contributed by atoms with van der Waals surface area (Å²) in [6.07, 6.45) is 5.53. The minimum absolute atomic E-state index is 0.200. The van der Waals surface area contributed by atoms with Gasteiger partial charge in [0, 0.05) is 42.1 Å². The molecule has 0 saturated carbocycles. The summed E-state index contributed by atoms with van der Waals surface area (Å²) in [6.45, 7) is 2.14. The quantitative estimate of drug-likeness (QED) is 0.778. The van der Waals surface area contributed by atoms with E-state index in [1.165, 1.54) is 5.39 Å². The highest BCUT2D eigenvalue weighted by Gasteiger charge is 2.10. The molecular weight excluding hydrogens is 236 g/mol. The zero-order valence-electron chi connectivity index (χ0n) is 11.0. The van der Waals surface area contributed by atoms with E-state index >= 15 is 0 Å². The Bertz CT molecular complexity index is 697. The Hall–Kier alpha value is -2.36. The van der Waals surface area contributed by atoms with E-state index in [-0.39, 0.29) is 6.04 Å². The fraction of sp³-hybridized carbons (Fsp3) is 0.200. The van der Waals surface area contributed by atoms with Gasteiger partial charge in [-0.25, -0.2) is 0 Å². The first-order chi connectivity index (χ1) is 9.25. The molecule has 0 saturated heterocycles. The zero-order chi connectivity index (χ0) is 13.2. The highest BCUT2D eigenvalue weighted by Crippen LogP contribution is 2.26. The Balaban J connectivity index is 1.96. The molecule has 0 aliphatic carbocycles. The molecule has 0 fully saturated rings. The van der Waals surface area contributed by atoms with Gasteiger partial charge in [0.15, 0.2) is 0 Å². The number of aromatic nitrogens is 3. The van der Waals surface area contributed by atoms with Gasteiger partial charge in [0.05, 0.1) is 11.7 Å². The molecule has 0 spiro atoms. The molecule has 2 aromatic heterocycles. The van der Waals surface area contributed by atoms with Gasteiger partial charge in [-0.3, -0.25) is 9.67 Å². The summed E-state index contributed by atoms with van der Waals surface area (Å²) in [5.41, 5.74) is 2.28. The maximum Gasteiger partial charge on any atom is 0.0654 e. The molecule has 19 heavy (non-hydrogen) atoms. The van der Waals surface area contributed by atoms with Gasteiger partial charge < -0.3 is 5.32 Å². The minimum Gasteiger partial charge on any atom is -0.376 e. The van der Waals surface area contributed by atoms with E-state index < -0.39 is 0 Å². The molecule has 1 aromatic carbocycles. The van der Waals surface area contributed by atoms with Crippen molar-refractivity contribution in [2.75, 3.05) is 5.32 Å². The molecule has 3 rings (SSSR count). The zero-order valence-corrected chi connectivity index (χ0v) is 11.0. The third-order valence-corrected chi connectivity index (χ3v) is 3.36. The molecule has 0 aliphatic rings. The van der Waals surface area contributed by atoms with Crippen LogP contribution in [0.1, 0.15) is 18.7 Å². The lowest BCUT2D eigenvalue weighted by Crippen LogP contribution is -2.11. The molecule has 4 nitrogen and oxygen atoms in total. The third kappa shape index (κ3) is 2.17. The Kier molecular flexibility index (Phi) is 2.91. The molecule has 2 heterocycles. The van der Waals surface area contributed by atoms with Crippen LogP contribution in [0, 0.1) is 0 Å². The van der Waals surface area contributed by atoms with Crippen molar-refractivity contribution in [2.24, 2.45) is 7.05 Å². The van der Waals surface area contributed by atoms with Gasteiger partial charge in [-0.2, -0.15) is 5.10 Å². The minimum atomic E-state index is 0.200. The standard InChI is InChI=1S/C15H16N4/c1-11(15-7-9-17-19(15)2)18-14-5-3-4-12-10-16-8-6-13(12)14/h3-11,18H,1-2H3. The van der Waals surface area contributed by atoms with Gasteiger partial charge in [-0.05, 0) is 25.1 Å². The van der Waals surface area contributed by atoms with E-state index in [4.69, 9.17) is 0 Å². The fourth-order valence-electron chi connectivity index (χ4n) is 2.36. The lowest BCUT2D eigenvalue weighted by molar-refractivity contribution is 0.676. The van der Waals surface area contributed by atoms with Crippen LogP contribution >= 0.6 is 0 Å². The smallest absolute Gasteiger partial charge is 0.0654 e. The van der Waals surface area contributed by atoms with Crippen LogP contribution < -0.4 is 5.32 Å². The number of fused-ring (bicyclic) bond motifs is 1. The summed E-state index contributed by atoms with van der Waals surface area (Å²) in [5, 5.41) is 10.1. The monoisotopic (exact) mass is 252 g/mol. The van der Waals surface area contributed by atoms with Crippen LogP contribution in [0.2, 0.25) is 0 Å². The van der Waals surface area contributed by atoms with Crippen LogP contribution in [0.15, 0.2) is 48.9 Å². The number of hydrogen-bond donors (Lipinski definition) is 1. The molecule has 0 amide bonds. The van der Waals surface area contributed by atoms with E-state index in [1.807, 2.05) is 48.5 Å². The summed E-state index contributed by atoms with van der Waals surface area (Å²) in [6, 6.07) is 10.5. The third-order valence-electron chi connectivity index (χ3n) is 3.36. The number of nitrogens with zero attached hydrogens (tertiary/aromatic N) is 3. The van der Waals surface area contributed by atoms with Gasteiger partial charge in [0.2, 0.25) is 0 Å². The van der Waals surface area contributed by atoms with Gasteiger partial charge in [-0.15, -0.1) is 0 Å². The van der Waals surface area contributed by atoms with Crippen LogP contribution in [0.3, 0.4) is 0 Å². The van der Waals surface area contributed by atoms with Crippen LogP contribution in [-0.4, -0.2) is 14.8 Å². The van der Waals surface area contributed by atoms with Crippen LogP contribution in [0.5, 0.6) is 0 Å². The van der Waals surface area contributed by atoms with Gasteiger partial charge in [0.1, 0.15) is 0 Å². The second-order valence-electron chi connectivity index (χ2n) is 4.65. The van der Waals surface area contributed by atoms with Crippen molar-refractivity contribution in [2.45, 2.75) is 13.0 Å². The largest absolute Gasteiger partial charge is 0.376 e. The summed E-state index contributed by atoms with van der Waals surface area (Å²) < 4.78 is 1.89. The van der Waals surface area contributed by atoms with E-state index in [0.717, 1.165) is 16.8 Å². The second kappa shape index (κ2) is 4.72. The molecule has 1 atom stereocenters. The molecule has 0 bridgehead atoms. The fourth-order valence-corrected chi connectivity index (χ4v) is 2.36. The van der Waals surface area contributed by atoms with Crippen molar-refractivity contribution in [1.82, 2.24) is 14.8 Å². The molecule has 4 heteroatoms. The maximum absolute atomic E-state index is 4.21. The predicted octanol–water partition coefficient (Wildman–Crippen LogP) is 3.14. The topological polar surface area (TPSA) is 42.7 Å².